The van der Waals surface area contributed by atoms with Gasteiger partial charge < -0.3 is 14.9 Å². The lowest BCUT2D eigenvalue weighted by atomic mass is 9.70. The SMILES string of the molecule is CC1(C)C2CCC1(C)C(OC(=O)C(O)CC(=O)O)C2. The fourth-order valence-electron chi connectivity index (χ4n) is 3.78. The van der Waals surface area contributed by atoms with Crippen molar-refractivity contribution in [1.29, 1.82) is 0 Å². The average molecular weight is 270 g/mol. The van der Waals surface area contributed by atoms with E-state index in [9.17, 15) is 14.7 Å². The van der Waals surface area contributed by atoms with Crippen molar-refractivity contribution < 1.29 is 24.5 Å². The molecule has 2 fully saturated rings. The molecule has 2 aliphatic rings. The van der Waals surface area contributed by atoms with E-state index in [2.05, 4.69) is 20.8 Å². The standard InChI is InChI=1S/C14H22O5/c1-13(2)8-4-5-14(13,3)10(6-8)19-12(18)9(15)7-11(16)17/h8-10,15H,4-7H2,1-3H3,(H,16,17). The third kappa shape index (κ3) is 2.14. The Balaban J connectivity index is 2.02. The van der Waals surface area contributed by atoms with Crippen LogP contribution < -0.4 is 0 Å². The first kappa shape index (κ1) is 14.3. The average Bonchev–Trinajstić information content (AvgIpc) is 2.61. The van der Waals surface area contributed by atoms with Crippen LogP contribution in [0.25, 0.3) is 0 Å². The van der Waals surface area contributed by atoms with Crippen LogP contribution in [0, 0.1) is 16.7 Å². The zero-order valence-corrected chi connectivity index (χ0v) is 11.7. The fourth-order valence-corrected chi connectivity index (χ4v) is 3.78. The maximum atomic E-state index is 11.7. The van der Waals surface area contributed by atoms with E-state index in [4.69, 9.17) is 9.84 Å². The van der Waals surface area contributed by atoms with Crippen LogP contribution in [0.15, 0.2) is 0 Å². The van der Waals surface area contributed by atoms with Gasteiger partial charge in [0, 0.05) is 5.41 Å². The second kappa shape index (κ2) is 4.47. The number of carboxylic acid groups (broad SMARTS) is 1. The van der Waals surface area contributed by atoms with Crippen molar-refractivity contribution in [3.63, 3.8) is 0 Å². The summed E-state index contributed by atoms with van der Waals surface area (Å²) in [5.74, 6) is -1.48. The molecule has 0 amide bonds. The highest BCUT2D eigenvalue weighted by Crippen LogP contribution is 2.66. The number of hydrogen-bond acceptors (Lipinski definition) is 4. The molecule has 0 saturated heterocycles. The fraction of sp³-hybridized carbons (Fsp3) is 0.857. The van der Waals surface area contributed by atoms with Crippen LogP contribution in [0.5, 0.6) is 0 Å². The number of aliphatic hydroxyl groups is 1. The Bertz CT molecular complexity index is 403. The van der Waals surface area contributed by atoms with E-state index in [1.165, 1.54) is 0 Å². The number of fused-ring (bicyclic) bond motifs is 2. The highest BCUT2D eigenvalue weighted by atomic mass is 16.6. The van der Waals surface area contributed by atoms with Crippen LogP contribution in [0.2, 0.25) is 0 Å². The van der Waals surface area contributed by atoms with Crippen molar-refractivity contribution >= 4 is 11.9 Å². The van der Waals surface area contributed by atoms with Crippen LogP contribution in [0.1, 0.15) is 46.5 Å². The molecule has 5 nitrogen and oxygen atoms in total. The molecule has 4 unspecified atom stereocenters. The van der Waals surface area contributed by atoms with E-state index in [1.807, 2.05) is 0 Å². The summed E-state index contributed by atoms with van der Waals surface area (Å²) >= 11 is 0. The maximum absolute atomic E-state index is 11.7. The molecule has 4 atom stereocenters. The first-order valence-corrected chi connectivity index (χ1v) is 6.79. The van der Waals surface area contributed by atoms with Crippen molar-refractivity contribution in [2.24, 2.45) is 16.7 Å². The van der Waals surface area contributed by atoms with Gasteiger partial charge in [-0.2, -0.15) is 0 Å². The van der Waals surface area contributed by atoms with E-state index in [1.54, 1.807) is 0 Å². The summed E-state index contributed by atoms with van der Waals surface area (Å²) in [6.07, 6.45) is 0.595. The minimum Gasteiger partial charge on any atom is -0.481 e. The zero-order chi connectivity index (χ0) is 14.4. The lowest BCUT2D eigenvalue weighted by Crippen LogP contribution is -2.40. The summed E-state index contributed by atoms with van der Waals surface area (Å²) in [5, 5.41) is 18.0. The molecule has 0 heterocycles. The smallest absolute Gasteiger partial charge is 0.335 e. The number of hydrogen-bond donors (Lipinski definition) is 2. The van der Waals surface area contributed by atoms with Crippen molar-refractivity contribution in [3.8, 4) is 0 Å². The third-order valence-corrected chi connectivity index (χ3v) is 5.61. The number of aliphatic carboxylic acids is 1. The second-order valence-corrected chi connectivity index (χ2v) is 6.65. The highest BCUT2D eigenvalue weighted by Gasteiger charge is 2.63. The van der Waals surface area contributed by atoms with Crippen molar-refractivity contribution in [3.05, 3.63) is 0 Å². The van der Waals surface area contributed by atoms with Crippen LogP contribution in [-0.2, 0) is 14.3 Å². The highest BCUT2D eigenvalue weighted by molar-refractivity contribution is 5.80. The van der Waals surface area contributed by atoms with Gasteiger partial charge in [0.25, 0.3) is 0 Å². The van der Waals surface area contributed by atoms with Crippen LogP contribution in [0.4, 0.5) is 0 Å². The molecule has 0 aromatic rings. The summed E-state index contributed by atoms with van der Waals surface area (Å²) in [6.45, 7) is 6.53. The molecule has 0 aromatic heterocycles. The van der Waals surface area contributed by atoms with Gasteiger partial charge in [-0.15, -0.1) is 0 Å². The quantitative estimate of drug-likeness (QED) is 0.758. The summed E-state index contributed by atoms with van der Waals surface area (Å²) in [5.41, 5.74) is 0.0476. The monoisotopic (exact) mass is 270 g/mol. The second-order valence-electron chi connectivity index (χ2n) is 6.65. The van der Waals surface area contributed by atoms with Crippen molar-refractivity contribution in [2.75, 3.05) is 0 Å². The molecular formula is C14H22O5. The predicted molar refractivity (Wildman–Crippen MR) is 67.4 cm³/mol. The molecule has 2 bridgehead atoms. The number of esters is 1. The van der Waals surface area contributed by atoms with Crippen LogP contribution in [-0.4, -0.2) is 34.4 Å². The van der Waals surface area contributed by atoms with Crippen LogP contribution in [0.3, 0.4) is 0 Å². The molecule has 5 heteroatoms. The Morgan fingerprint density at radius 2 is 2.00 bits per heavy atom. The first-order chi connectivity index (χ1) is 8.68. The molecule has 2 rings (SSSR count). The number of carbonyl (C=O) groups is 2. The van der Waals surface area contributed by atoms with Gasteiger partial charge in [0.05, 0.1) is 6.42 Å². The summed E-state index contributed by atoms with van der Waals surface area (Å²) < 4.78 is 5.39. The van der Waals surface area contributed by atoms with Gasteiger partial charge in [0.15, 0.2) is 6.10 Å². The number of aliphatic hydroxyl groups excluding tert-OH is 1. The molecule has 2 aliphatic carbocycles. The summed E-state index contributed by atoms with van der Waals surface area (Å²) in [6, 6.07) is 0. The van der Waals surface area contributed by atoms with Gasteiger partial charge >= 0.3 is 11.9 Å². The number of carbonyl (C=O) groups excluding carboxylic acids is 1. The molecule has 0 aliphatic heterocycles. The Hall–Kier alpha value is -1.10. The van der Waals surface area contributed by atoms with E-state index < -0.39 is 24.5 Å². The number of carboxylic acids is 1. The Morgan fingerprint density at radius 3 is 2.42 bits per heavy atom. The van der Waals surface area contributed by atoms with Gasteiger partial charge in [-0.25, -0.2) is 4.79 Å². The molecule has 2 saturated carbocycles. The van der Waals surface area contributed by atoms with Gasteiger partial charge in [0.2, 0.25) is 0 Å². The lowest BCUT2D eigenvalue weighted by molar-refractivity contribution is -0.169. The van der Waals surface area contributed by atoms with Gasteiger partial charge in [-0.05, 0) is 30.6 Å². The van der Waals surface area contributed by atoms with E-state index in [-0.39, 0.29) is 16.9 Å². The Morgan fingerprint density at radius 1 is 1.37 bits per heavy atom. The molecule has 0 aromatic carbocycles. The van der Waals surface area contributed by atoms with Crippen molar-refractivity contribution in [2.45, 2.75) is 58.7 Å². The minimum absolute atomic E-state index is 0.0731. The van der Waals surface area contributed by atoms with E-state index in [0.717, 1.165) is 19.3 Å². The first-order valence-electron chi connectivity index (χ1n) is 6.79. The normalized spacial score (nSPS) is 37.1. The van der Waals surface area contributed by atoms with E-state index in [0.29, 0.717) is 5.92 Å². The van der Waals surface area contributed by atoms with Crippen LogP contribution >= 0.6 is 0 Å². The number of rotatable bonds is 4. The van der Waals surface area contributed by atoms with Gasteiger partial charge in [0.1, 0.15) is 6.10 Å². The van der Waals surface area contributed by atoms with Crippen molar-refractivity contribution in [1.82, 2.24) is 0 Å². The Labute approximate surface area is 112 Å². The minimum atomic E-state index is -1.57. The topological polar surface area (TPSA) is 83.8 Å². The Kier molecular flexibility index (Phi) is 3.37. The molecule has 2 N–H and O–H groups in total. The summed E-state index contributed by atoms with van der Waals surface area (Å²) in [4.78, 5) is 22.2. The van der Waals surface area contributed by atoms with Gasteiger partial charge in [-0.3, -0.25) is 4.79 Å². The zero-order valence-electron chi connectivity index (χ0n) is 11.7. The summed E-state index contributed by atoms with van der Waals surface area (Å²) in [7, 11) is 0. The third-order valence-electron chi connectivity index (χ3n) is 5.61. The predicted octanol–water partition coefficient (Wildman–Crippen LogP) is 1.58. The molecule has 0 radical (unpaired) electrons. The largest absolute Gasteiger partial charge is 0.481 e. The molecule has 108 valence electrons. The lowest BCUT2D eigenvalue weighted by Gasteiger charge is -2.38. The maximum Gasteiger partial charge on any atom is 0.335 e. The molecule has 0 spiro atoms. The van der Waals surface area contributed by atoms with E-state index >= 15 is 0 Å². The molecule has 19 heavy (non-hydrogen) atoms. The van der Waals surface area contributed by atoms with Gasteiger partial charge in [-0.1, -0.05) is 20.8 Å². The molecular weight excluding hydrogens is 248 g/mol. The number of ether oxygens (including phenoxy) is 1.